The van der Waals surface area contributed by atoms with Crippen molar-refractivity contribution in [2.24, 2.45) is 5.41 Å². The highest BCUT2D eigenvalue weighted by Gasteiger charge is 2.44. The molecule has 0 spiro atoms. The van der Waals surface area contributed by atoms with Gasteiger partial charge in [0.1, 0.15) is 5.54 Å². The third kappa shape index (κ3) is 1.88. The van der Waals surface area contributed by atoms with Crippen LogP contribution in [0.2, 0.25) is 0 Å². The second-order valence-corrected chi connectivity index (χ2v) is 4.29. The molecule has 0 N–H and O–H groups in total. The molecule has 0 aliphatic carbocycles. The lowest BCUT2D eigenvalue weighted by Gasteiger charge is -2.44. The van der Waals surface area contributed by atoms with Gasteiger partial charge in [-0.05, 0) is 20.5 Å². The van der Waals surface area contributed by atoms with E-state index in [2.05, 4.69) is 19.2 Å². The van der Waals surface area contributed by atoms with Gasteiger partial charge in [0.15, 0.2) is 0 Å². The second-order valence-electron chi connectivity index (χ2n) is 4.29. The summed E-state index contributed by atoms with van der Waals surface area (Å²) < 4.78 is 0. The Kier molecular flexibility index (Phi) is 4.09. The molecule has 0 bridgehead atoms. The Hall–Kier alpha value is -1.07. The Labute approximate surface area is 87.5 Å². The fraction of sp³-hybridized carbons (Fsp3) is 0.583. The lowest BCUT2D eigenvalue weighted by Crippen LogP contribution is -2.53. The van der Waals surface area contributed by atoms with Gasteiger partial charge in [-0.1, -0.05) is 26.0 Å². The van der Waals surface area contributed by atoms with Gasteiger partial charge in [-0.15, -0.1) is 13.2 Å². The fourth-order valence-corrected chi connectivity index (χ4v) is 1.69. The summed E-state index contributed by atoms with van der Waals surface area (Å²) in [7, 11) is 3.83. The van der Waals surface area contributed by atoms with E-state index in [1.165, 1.54) is 0 Å². The Morgan fingerprint density at radius 1 is 1.36 bits per heavy atom. The van der Waals surface area contributed by atoms with Crippen LogP contribution >= 0.6 is 0 Å². The van der Waals surface area contributed by atoms with Gasteiger partial charge in [-0.25, -0.2) is 0 Å². The van der Waals surface area contributed by atoms with E-state index in [1.54, 1.807) is 6.08 Å². The van der Waals surface area contributed by atoms with Crippen LogP contribution in [-0.2, 0) is 0 Å². The van der Waals surface area contributed by atoms with E-state index < -0.39 is 5.54 Å². The van der Waals surface area contributed by atoms with Gasteiger partial charge < -0.3 is 0 Å². The molecule has 14 heavy (non-hydrogen) atoms. The summed E-state index contributed by atoms with van der Waals surface area (Å²) in [5, 5.41) is 9.36. The minimum Gasteiger partial charge on any atom is -0.291 e. The number of hydrogen-bond acceptors (Lipinski definition) is 2. The molecule has 0 heterocycles. The average molecular weight is 192 g/mol. The van der Waals surface area contributed by atoms with Crippen LogP contribution in [0.5, 0.6) is 0 Å². The Balaban J connectivity index is 5.37. The molecule has 0 aromatic heterocycles. The summed E-state index contributed by atoms with van der Waals surface area (Å²) >= 11 is 0. The zero-order valence-corrected chi connectivity index (χ0v) is 9.67. The normalized spacial score (nSPS) is 15.7. The number of hydrogen-bond donors (Lipinski definition) is 0. The molecular formula is C12H20N2. The first-order valence-corrected chi connectivity index (χ1v) is 4.71. The van der Waals surface area contributed by atoms with Gasteiger partial charge in [-0.2, -0.15) is 5.26 Å². The maximum atomic E-state index is 9.36. The van der Waals surface area contributed by atoms with Crippen molar-refractivity contribution in [1.82, 2.24) is 4.90 Å². The van der Waals surface area contributed by atoms with Crippen LogP contribution in [0.15, 0.2) is 25.3 Å². The summed E-state index contributed by atoms with van der Waals surface area (Å²) in [6.45, 7) is 11.6. The molecule has 0 saturated heterocycles. The van der Waals surface area contributed by atoms with Gasteiger partial charge >= 0.3 is 0 Å². The fourth-order valence-electron chi connectivity index (χ4n) is 1.69. The van der Waals surface area contributed by atoms with E-state index in [-0.39, 0.29) is 5.41 Å². The van der Waals surface area contributed by atoms with E-state index >= 15 is 0 Å². The Morgan fingerprint density at radius 2 is 1.86 bits per heavy atom. The van der Waals surface area contributed by atoms with E-state index in [0.717, 1.165) is 0 Å². The average Bonchev–Trinajstić information content (AvgIpc) is 2.13. The zero-order chi connectivity index (χ0) is 11.4. The first kappa shape index (κ1) is 12.9. The smallest absolute Gasteiger partial charge is 0.120 e. The SMILES string of the molecule is C=CCC(C#N)(N(C)C)C(C)(C)C=C. The quantitative estimate of drug-likeness (QED) is 0.626. The molecule has 78 valence electrons. The first-order chi connectivity index (χ1) is 6.38. The van der Waals surface area contributed by atoms with Crippen LogP contribution in [-0.4, -0.2) is 24.5 Å². The molecule has 0 rings (SSSR count). The number of rotatable bonds is 5. The molecule has 2 heteroatoms. The minimum atomic E-state index is -0.559. The highest BCUT2D eigenvalue weighted by Crippen LogP contribution is 2.38. The maximum absolute atomic E-state index is 9.36. The molecule has 1 atom stereocenters. The Bertz CT molecular complexity index is 258. The van der Waals surface area contributed by atoms with Crippen LogP contribution in [0.1, 0.15) is 20.3 Å². The summed E-state index contributed by atoms with van der Waals surface area (Å²) in [5.41, 5.74) is -0.823. The van der Waals surface area contributed by atoms with Crippen molar-refractivity contribution in [2.45, 2.75) is 25.8 Å². The predicted octanol–water partition coefficient (Wildman–Crippen LogP) is 2.60. The maximum Gasteiger partial charge on any atom is 0.120 e. The Morgan fingerprint density at radius 3 is 2.07 bits per heavy atom. The first-order valence-electron chi connectivity index (χ1n) is 4.71. The van der Waals surface area contributed by atoms with Crippen molar-refractivity contribution >= 4 is 0 Å². The van der Waals surface area contributed by atoms with Crippen molar-refractivity contribution in [3.8, 4) is 6.07 Å². The second kappa shape index (κ2) is 4.43. The molecule has 0 fully saturated rings. The topological polar surface area (TPSA) is 27.0 Å². The third-order valence-electron chi connectivity index (χ3n) is 2.96. The minimum absolute atomic E-state index is 0.264. The van der Waals surface area contributed by atoms with Crippen molar-refractivity contribution in [3.05, 3.63) is 25.3 Å². The van der Waals surface area contributed by atoms with Crippen molar-refractivity contribution in [1.29, 1.82) is 5.26 Å². The van der Waals surface area contributed by atoms with Gasteiger partial charge in [-0.3, -0.25) is 4.90 Å². The summed E-state index contributed by atoms with van der Waals surface area (Å²) in [4.78, 5) is 1.94. The predicted molar refractivity (Wildman–Crippen MR) is 60.8 cm³/mol. The van der Waals surface area contributed by atoms with E-state index in [9.17, 15) is 5.26 Å². The van der Waals surface area contributed by atoms with Crippen molar-refractivity contribution < 1.29 is 0 Å². The molecule has 0 saturated carbocycles. The van der Waals surface area contributed by atoms with Crippen LogP contribution in [0, 0.1) is 16.7 Å². The van der Waals surface area contributed by atoms with Gasteiger partial charge in [0.05, 0.1) is 6.07 Å². The van der Waals surface area contributed by atoms with E-state index in [4.69, 9.17) is 0 Å². The van der Waals surface area contributed by atoms with Gasteiger partial charge in [0.25, 0.3) is 0 Å². The molecular weight excluding hydrogens is 172 g/mol. The molecule has 0 aromatic rings. The molecule has 0 aliphatic heterocycles. The van der Waals surface area contributed by atoms with Crippen LogP contribution in [0.25, 0.3) is 0 Å². The van der Waals surface area contributed by atoms with Crippen LogP contribution in [0.3, 0.4) is 0 Å². The molecule has 0 aromatic carbocycles. The molecule has 0 aliphatic rings. The molecule has 0 amide bonds. The monoisotopic (exact) mass is 192 g/mol. The molecule has 2 nitrogen and oxygen atoms in total. The van der Waals surface area contributed by atoms with Crippen LogP contribution in [0.4, 0.5) is 0 Å². The molecule has 1 unspecified atom stereocenters. The van der Waals surface area contributed by atoms with Gasteiger partial charge in [0, 0.05) is 5.41 Å². The number of nitriles is 1. The van der Waals surface area contributed by atoms with Crippen LogP contribution < -0.4 is 0 Å². The highest BCUT2D eigenvalue weighted by molar-refractivity contribution is 5.21. The molecule has 0 radical (unpaired) electrons. The highest BCUT2D eigenvalue weighted by atomic mass is 15.2. The van der Waals surface area contributed by atoms with Gasteiger partial charge in [0.2, 0.25) is 0 Å². The summed E-state index contributed by atoms with van der Waals surface area (Å²) in [6.07, 6.45) is 4.25. The lowest BCUT2D eigenvalue weighted by molar-refractivity contribution is 0.108. The standard InChI is InChI=1S/C12H20N2/c1-7-9-12(10-13,14(5)6)11(3,4)8-2/h7-8H,1-2,9H2,3-6H3. The van der Waals surface area contributed by atoms with Crippen molar-refractivity contribution in [3.63, 3.8) is 0 Å². The largest absolute Gasteiger partial charge is 0.291 e. The zero-order valence-electron chi connectivity index (χ0n) is 9.67. The lowest BCUT2D eigenvalue weighted by atomic mass is 9.70. The van der Waals surface area contributed by atoms with E-state index in [0.29, 0.717) is 6.42 Å². The number of nitrogens with zero attached hydrogens (tertiary/aromatic N) is 2. The third-order valence-corrected chi connectivity index (χ3v) is 2.96. The summed E-state index contributed by atoms with van der Waals surface area (Å²) in [6, 6.07) is 2.39. The van der Waals surface area contributed by atoms with Crippen molar-refractivity contribution in [2.75, 3.05) is 14.1 Å². The summed E-state index contributed by atoms with van der Waals surface area (Å²) in [5.74, 6) is 0. The van der Waals surface area contributed by atoms with E-state index in [1.807, 2.05) is 38.9 Å².